The van der Waals surface area contributed by atoms with Crippen LogP contribution in [0.25, 0.3) is 15.5 Å². The Morgan fingerprint density at radius 2 is 1.82 bits per heavy atom. The minimum atomic E-state index is -0.394. The molecule has 0 bridgehead atoms. The summed E-state index contributed by atoms with van der Waals surface area (Å²) in [6, 6.07) is 16.8. The number of hydrogen-bond donors (Lipinski definition) is 1. The number of urea groups is 1. The number of carbonyl (C=O) groups excluding carboxylic acids is 1. The molecule has 2 aromatic carbocycles. The van der Waals surface area contributed by atoms with Gasteiger partial charge in [-0.2, -0.15) is 9.61 Å². The number of nitrogens with zero attached hydrogens (tertiary/aromatic N) is 5. The highest BCUT2D eigenvalue weighted by Gasteiger charge is 2.22. The summed E-state index contributed by atoms with van der Waals surface area (Å²) >= 11 is 1.38. The third kappa shape index (κ3) is 4.76. The molecule has 10 heteroatoms. The molecule has 33 heavy (non-hydrogen) atoms. The second kappa shape index (κ2) is 9.08. The standard InChI is InChI=1S/C23H21FN6O2S/c24-17-7-4-8-18(13-17)25-22(32)29-11-9-28(10-12-29)15-19-14-20(31)30-23(26-19)33-21(27-30)16-5-2-1-3-6-16/h1-8,13-14H,9-12,15H2,(H,25,32). The molecule has 2 amide bonds. The number of fused-ring (bicyclic) bond motifs is 1. The van der Waals surface area contributed by atoms with E-state index in [0.29, 0.717) is 49.1 Å². The van der Waals surface area contributed by atoms with Crippen LogP contribution in [0.4, 0.5) is 14.9 Å². The molecule has 0 saturated carbocycles. The van der Waals surface area contributed by atoms with Gasteiger partial charge in [0.05, 0.1) is 5.69 Å². The lowest BCUT2D eigenvalue weighted by molar-refractivity contribution is 0.142. The number of halogens is 1. The van der Waals surface area contributed by atoms with Gasteiger partial charge in [-0.1, -0.05) is 47.7 Å². The van der Waals surface area contributed by atoms with E-state index in [9.17, 15) is 14.0 Å². The van der Waals surface area contributed by atoms with Crippen LogP contribution in [0.1, 0.15) is 5.69 Å². The molecule has 1 aliphatic heterocycles. The van der Waals surface area contributed by atoms with Crippen molar-refractivity contribution in [3.05, 3.63) is 82.5 Å². The third-order valence-corrected chi connectivity index (χ3v) is 6.40. The van der Waals surface area contributed by atoms with Gasteiger partial charge in [-0.05, 0) is 18.2 Å². The second-order valence-electron chi connectivity index (χ2n) is 7.76. The Morgan fingerprint density at radius 3 is 2.58 bits per heavy atom. The van der Waals surface area contributed by atoms with E-state index in [4.69, 9.17) is 0 Å². The van der Waals surface area contributed by atoms with Crippen LogP contribution in [0.5, 0.6) is 0 Å². The maximum atomic E-state index is 13.3. The Kier molecular flexibility index (Phi) is 5.84. The molecule has 4 aromatic rings. The minimum absolute atomic E-state index is 0.207. The van der Waals surface area contributed by atoms with Gasteiger partial charge in [-0.3, -0.25) is 9.69 Å². The fraction of sp³-hybridized carbons (Fsp3) is 0.217. The summed E-state index contributed by atoms with van der Waals surface area (Å²) in [7, 11) is 0. The van der Waals surface area contributed by atoms with Crippen LogP contribution in [-0.4, -0.2) is 56.6 Å². The lowest BCUT2D eigenvalue weighted by Crippen LogP contribution is -2.49. The fourth-order valence-corrected chi connectivity index (χ4v) is 4.67. The van der Waals surface area contributed by atoms with Crippen LogP contribution >= 0.6 is 11.3 Å². The van der Waals surface area contributed by atoms with Crippen LogP contribution in [0.3, 0.4) is 0 Å². The fourth-order valence-electron chi connectivity index (χ4n) is 3.74. The van der Waals surface area contributed by atoms with Gasteiger partial charge in [0.1, 0.15) is 10.8 Å². The SMILES string of the molecule is O=C(Nc1cccc(F)c1)N1CCN(Cc2cc(=O)n3nc(-c4ccccc4)sc3n2)CC1. The molecular formula is C23H21FN6O2S. The highest BCUT2D eigenvalue weighted by molar-refractivity contribution is 7.19. The zero-order chi connectivity index (χ0) is 22.8. The maximum absolute atomic E-state index is 13.3. The van der Waals surface area contributed by atoms with Crippen molar-refractivity contribution in [3.8, 4) is 10.6 Å². The molecule has 0 unspecified atom stereocenters. The first kappa shape index (κ1) is 21.2. The molecule has 0 atom stereocenters. The topological polar surface area (TPSA) is 82.8 Å². The molecule has 1 fully saturated rings. The normalized spacial score (nSPS) is 14.5. The van der Waals surface area contributed by atoms with Crippen molar-refractivity contribution in [1.82, 2.24) is 24.4 Å². The predicted octanol–water partition coefficient (Wildman–Crippen LogP) is 3.31. The van der Waals surface area contributed by atoms with E-state index >= 15 is 0 Å². The van der Waals surface area contributed by atoms with Gasteiger partial charge in [0, 0.05) is 50.0 Å². The van der Waals surface area contributed by atoms with E-state index in [1.165, 1.54) is 34.1 Å². The molecule has 0 spiro atoms. The molecule has 0 radical (unpaired) electrons. The molecule has 0 aliphatic carbocycles. The van der Waals surface area contributed by atoms with Gasteiger partial charge in [0.15, 0.2) is 0 Å². The number of rotatable bonds is 4. The lowest BCUT2D eigenvalue weighted by Gasteiger charge is -2.34. The Morgan fingerprint density at radius 1 is 1.03 bits per heavy atom. The Labute approximate surface area is 192 Å². The van der Waals surface area contributed by atoms with Crippen molar-refractivity contribution >= 4 is 28.0 Å². The zero-order valence-corrected chi connectivity index (χ0v) is 18.5. The Bertz CT molecular complexity index is 1350. The highest BCUT2D eigenvalue weighted by Crippen LogP contribution is 2.24. The Hall–Kier alpha value is -3.63. The minimum Gasteiger partial charge on any atom is -0.322 e. The van der Waals surface area contributed by atoms with Crippen LogP contribution in [0.15, 0.2) is 65.5 Å². The van der Waals surface area contributed by atoms with E-state index in [1.54, 1.807) is 17.0 Å². The number of carbonyl (C=O) groups is 1. The van der Waals surface area contributed by atoms with Gasteiger partial charge in [0.25, 0.3) is 5.56 Å². The summed E-state index contributed by atoms with van der Waals surface area (Å²) in [5.41, 5.74) is 1.85. The van der Waals surface area contributed by atoms with Crippen LogP contribution in [0.2, 0.25) is 0 Å². The first-order chi connectivity index (χ1) is 16.0. The average molecular weight is 465 g/mol. The first-order valence-electron chi connectivity index (χ1n) is 10.5. The van der Waals surface area contributed by atoms with Gasteiger partial charge in [-0.15, -0.1) is 0 Å². The number of aromatic nitrogens is 3. The zero-order valence-electron chi connectivity index (χ0n) is 17.6. The number of hydrogen-bond acceptors (Lipinski definition) is 6. The molecular weight excluding hydrogens is 443 g/mol. The van der Waals surface area contributed by atoms with Crippen molar-refractivity contribution in [2.75, 3.05) is 31.5 Å². The van der Waals surface area contributed by atoms with Gasteiger partial charge in [-0.25, -0.2) is 14.2 Å². The molecule has 1 N–H and O–H groups in total. The van der Waals surface area contributed by atoms with E-state index < -0.39 is 5.82 Å². The number of benzene rings is 2. The number of anilines is 1. The summed E-state index contributed by atoms with van der Waals surface area (Å²) in [4.78, 5) is 34.1. The maximum Gasteiger partial charge on any atom is 0.321 e. The molecule has 8 nitrogen and oxygen atoms in total. The van der Waals surface area contributed by atoms with E-state index in [2.05, 4.69) is 20.3 Å². The van der Waals surface area contributed by atoms with Crippen LogP contribution < -0.4 is 10.9 Å². The third-order valence-electron chi connectivity index (χ3n) is 5.44. The van der Waals surface area contributed by atoms with Gasteiger partial charge in [0.2, 0.25) is 4.96 Å². The monoisotopic (exact) mass is 464 g/mol. The van der Waals surface area contributed by atoms with Crippen molar-refractivity contribution in [2.24, 2.45) is 0 Å². The Balaban J connectivity index is 1.23. The molecule has 2 aromatic heterocycles. The second-order valence-corrected chi connectivity index (χ2v) is 8.71. The lowest BCUT2D eigenvalue weighted by atomic mass is 10.2. The molecule has 1 saturated heterocycles. The highest BCUT2D eigenvalue weighted by atomic mass is 32.1. The molecule has 168 valence electrons. The number of piperazine rings is 1. The molecule has 1 aliphatic rings. The summed E-state index contributed by atoms with van der Waals surface area (Å²) in [6.45, 7) is 2.87. The summed E-state index contributed by atoms with van der Waals surface area (Å²) in [5.74, 6) is -0.394. The first-order valence-corrected chi connectivity index (χ1v) is 11.4. The quantitative estimate of drug-likeness (QED) is 0.501. The van der Waals surface area contributed by atoms with Gasteiger partial charge < -0.3 is 10.2 Å². The van der Waals surface area contributed by atoms with Crippen molar-refractivity contribution < 1.29 is 9.18 Å². The van der Waals surface area contributed by atoms with Crippen molar-refractivity contribution in [2.45, 2.75) is 6.54 Å². The number of amides is 2. The predicted molar refractivity (Wildman–Crippen MR) is 125 cm³/mol. The van der Waals surface area contributed by atoms with Crippen molar-refractivity contribution in [1.29, 1.82) is 0 Å². The van der Waals surface area contributed by atoms with Crippen molar-refractivity contribution in [3.63, 3.8) is 0 Å². The van der Waals surface area contributed by atoms with Crippen LogP contribution in [0, 0.1) is 5.82 Å². The van der Waals surface area contributed by atoms with Gasteiger partial charge >= 0.3 is 6.03 Å². The summed E-state index contributed by atoms with van der Waals surface area (Å²) in [6.07, 6.45) is 0. The van der Waals surface area contributed by atoms with E-state index in [0.717, 1.165) is 10.6 Å². The number of nitrogens with one attached hydrogen (secondary N) is 1. The van der Waals surface area contributed by atoms with Crippen LogP contribution in [-0.2, 0) is 6.54 Å². The summed E-state index contributed by atoms with van der Waals surface area (Å²) in [5, 5.41) is 7.88. The summed E-state index contributed by atoms with van der Waals surface area (Å²) < 4.78 is 14.7. The smallest absolute Gasteiger partial charge is 0.321 e. The van der Waals surface area contributed by atoms with E-state index in [-0.39, 0.29) is 11.6 Å². The largest absolute Gasteiger partial charge is 0.322 e. The van der Waals surface area contributed by atoms with E-state index in [1.807, 2.05) is 30.3 Å². The molecule has 3 heterocycles. The average Bonchev–Trinajstić information content (AvgIpc) is 3.25. The molecule has 5 rings (SSSR count).